The molecule has 8 heteroatoms. The van der Waals surface area contributed by atoms with E-state index in [1.54, 1.807) is 36.7 Å². The van der Waals surface area contributed by atoms with Crippen molar-refractivity contribution in [2.24, 2.45) is 5.73 Å². The standard InChI is InChI=1S/C17H19N5O2S/c1-25(23,24)13-5-3-12(4-6-13)14-11-15-16(20-10-9-19-15)17(22-14)21-8-2-7-18/h3-6,9-11H,2,7-8,18H2,1H3,(H,21,22). The minimum atomic E-state index is -3.23. The van der Waals surface area contributed by atoms with E-state index in [9.17, 15) is 8.42 Å². The third-order valence-corrected chi connectivity index (χ3v) is 4.84. The van der Waals surface area contributed by atoms with Crippen molar-refractivity contribution in [2.75, 3.05) is 24.7 Å². The van der Waals surface area contributed by atoms with Gasteiger partial charge in [-0.15, -0.1) is 0 Å². The number of sulfone groups is 1. The summed E-state index contributed by atoms with van der Waals surface area (Å²) in [4.78, 5) is 13.6. The monoisotopic (exact) mass is 357 g/mol. The number of fused-ring (bicyclic) bond motifs is 1. The van der Waals surface area contributed by atoms with Crippen molar-refractivity contribution >= 4 is 26.7 Å². The highest BCUT2D eigenvalue weighted by Crippen LogP contribution is 2.26. The molecule has 130 valence electrons. The van der Waals surface area contributed by atoms with Crippen molar-refractivity contribution in [3.05, 3.63) is 42.7 Å². The molecule has 0 spiro atoms. The first-order valence-corrected chi connectivity index (χ1v) is 9.74. The fraction of sp³-hybridized carbons (Fsp3) is 0.235. The molecule has 2 heterocycles. The normalized spacial score (nSPS) is 11.6. The lowest BCUT2D eigenvalue weighted by atomic mass is 10.1. The van der Waals surface area contributed by atoms with Crippen molar-refractivity contribution < 1.29 is 8.42 Å². The van der Waals surface area contributed by atoms with Crippen LogP contribution in [-0.2, 0) is 9.84 Å². The molecule has 0 bridgehead atoms. The van der Waals surface area contributed by atoms with Crippen LogP contribution < -0.4 is 11.1 Å². The van der Waals surface area contributed by atoms with Crippen molar-refractivity contribution in [3.63, 3.8) is 0 Å². The molecule has 3 rings (SSSR count). The molecule has 0 fully saturated rings. The summed E-state index contributed by atoms with van der Waals surface area (Å²) < 4.78 is 23.2. The highest BCUT2D eigenvalue weighted by Gasteiger charge is 2.11. The van der Waals surface area contributed by atoms with Gasteiger partial charge in [-0.2, -0.15) is 0 Å². The van der Waals surface area contributed by atoms with E-state index in [-0.39, 0.29) is 4.90 Å². The largest absolute Gasteiger partial charge is 0.368 e. The lowest BCUT2D eigenvalue weighted by Crippen LogP contribution is -2.10. The van der Waals surface area contributed by atoms with E-state index in [2.05, 4.69) is 20.3 Å². The van der Waals surface area contributed by atoms with Gasteiger partial charge in [0.05, 0.1) is 16.1 Å². The topological polar surface area (TPSA) is 111 Å². The van der Waals surface area contributed by atoms with Gasteiger partial charge < -0.3 is 11.1 Å². The van der Waals surface area contributed by atoms with Gasteiger partial charge in [-0.25, -0.2) is 18.4 Å². The van der Waals surface area contributed by atoms with Gasteiger partial charge in [0.1, 0.15) is 5.52 Å². The highest BCUT2D eigenvalue weighted by molar-refractivity contribution is 7.90. The van der Waals surface area contributed by atoms with Gasteiger partial charge in [0, 0.05) is 30.8 Å². The minimum Gasteiger partial charge on any atom is -0.368 e. The van der Waals surface area contributed by atoms with Crippen molar-refractivity contribution in [3.8, 4) is 11.3 Å². The zero-order valence-corrected chi connectivity index (χ0v) is 14.6. The summed E-state index contributed by atoms with van der Waals surface area (Å²) in [5.74, 6) is 0.640. The van der Waals surface area contributed by atoms with Crippen molar-refractivity contribution in [1.29, 1.82) is 0 Å². The average Bonchev–Trinajstić information content (AvgIpc) is 2.61. The number of hydrogen-bond acceptors (Lipinski definition) is 7. The predicted molar refractivity (Wildman–Crippen MR) is 98.0 cm³/mol. The third-order valence-electron chi connectivity index (χ3n) is 3.71. The molecule has 0 atom stereocenters. The van der Waals surface area contributed by atoms with E-state index in [0.717, 1.165) is 17.5 Å². The maximum atomic E-state index is 11.6. The van der Waals surface area contributed by atoms with Crippen LogP contribution in [0.15, 0.2) is 47.6 Å². The number of aromatic nitrogens is 3. The van der Waals surface area contributed by atoms with Crippen molar-refractivity contribution in [2.45, 2.75) is 11.3 Å². The van der Waals surface area contributed by atoms with E-state index < -0.39 is 9.84 Å². The Bertz CT molecular complexity index is 988. The molecule has 0 aliphatic heterocycles. The van der Waals surface area contributed by atoms with E-state index in [4.69, 9.17) is 5.73 Å². The molecule has 7 nitrogen and oxygen atoms in total. The Balaban J connectivity index is 2.04. The summed E-state index contributed by atoms with van der Waals surface area (Å²) in [6, 6.07) is 8.48. The summed E-state index contributed by atoms with van der Waals surface area (Å²) in [7, 11) is -3.23. The number of nitrogens with one attached hydrogen (secondary N) is 1. The molecule has 0 aliphatic carbocycles. The summed E-state index contributed by atoms with van der Waals surface area (Å²) in [6.45, 7) is 1.27. The molecule has 3 aromatic rings. The van der Waals surface area contributed by atoms with Crippen LogP contribution in [0, 0.1) is 0 Å². The van der Waals surface area contributed by atoms with Gasteiger partial charge in [-0.05, 0) is 31.2 Å². The van der Waals surface area contributed by atoms with Gasteiger partial charge in [0.2, 0.25) is 0 Å². The first-order chi connectivity index (χ1) is 12.0. The molecule has 0 radical (unpaired) electrons. The Labute approximate surface area is 146 Å². The van der Waals surface area contributed by atoms with Crippen LogP contribution in [0.1, 0.15) is 6.42 Å². The quantitative estimate of drug-likeness (QED) is 0.648. The molecular weight excluding hydrogens is 338 g/mol. The Morgan fingerprint density at radius 2 is 1.84 bits per heavy atom. The van der Waals surface area contributed by atoms with Crippen LogP contribution in [0.5, 0.6) is 0 Å². The van der Waals surface area contributed by atoms with Crippen LogP contribution in [0.3, 0.4) is 0 Å². The number of benzene rings is 1. The number of rotatable bonds is 6. The molecule has 0 aliphatic rings. The van der Waals surface area contributed by atoms with Gasteiger partial charge in [-0.3, -0.25) is 4.98 Å². The maximum absolute atomic E-state index is 11.6. The second-order valence-electron chi connectivity index (χ2n) is 5.65. The molecule has 25 heavy (non-hydrogen) atoms. The second kappa shape index (κ2) is 7.12. The first kappa shape index (κ1) is 17.2. The second-order valence-corrected chi connectivity index (χ2v) is 7.66. The third kappa shape index (κ3) is 3.92. The highest BCUT2D eigenvalue weighted by atomic mass is 32.2. The van der Waals surface area contributed by atoms with Gasteiger partial charge >= 0.3 is 0 Å². The Morgan fingerprint density at radius 3 is 2.52 bits per heavy atom. The zero-order chi connectivity index (χ0) is 17.9. The van der Waals surface area contributed by atoms with E-state index in [1.807, 2.05) is 6.07 Å². The lowest BCUT2D eigenvalue weighted by molar-refractivity contribution is 0.602. The first-order valence-electron chi connectivity index (χ1n) is 7.85. The summed E-state index contributed by atoms with van der Waals surface area (Å²) in [5, 5.41) is 3.24. The van der Waals surface area contributed by atoms with Gasteiger partial charge in [0.15, 0.2) is 15.7 Å². The summed E-state index contributed by atoms with van der Waals surface area (Å²) >= 11 is 0. The summed E-state index contributed by atoms with van der Waals surface area (Å²) in [6.07, 6.45) is 5.25. The fourth-order valence-electron chi connectivity index (χ4n) is 2.42. The van der Waals surface area contributed by atoms with E-state index >= 15 is 0 Å². The van der Waals surface area contributed by atoms with Gasteiger partial charge in [0.25, 0.3) is 0 Å². The molecular formula is C17H19N5O2S. The fourth-order valence-corrected chi connectivity index (χ4v) is 3.06. The molecule has 0 amide bonds. The SMILES string of the molecule is CS(=O)(=O)c1ccc(-c2cc3nccnc3c(NCCCN)n2)cc1. The van der Waals surface area contributed by atoms with E-state index in [0.29, 0.717) is 30.1 Å². The predicted octanol–water partition coefficient (Wildman–Crippen LogP) is 1.86. The molecule has 3 N–H and O–H groups in total. The number of hydrogen-bond donors (Lipinski definition) is 2. The van der Waals surface area contributed by atoms with Crippen LogP contribution in [0.2, 0.25) is 0 Å². The number of nitrogens with two attached hydrogens (primary N) is 1. The van der Waals surface area contributed by atoms with Crippen molar-refractivity contribution in [1.82, 2.24) is 15.0 Å². The zero-order valence-electron chi connectivity index (χ0n) is 13.8. The van der Waals surface area contributed by atoms with Crippen LogP contribution >= 0.6 is 0 Å². The smallest absolute Gasteiger partial charge is 0.175 e. The maximum Gasteiger partial charge on any atom is 0.175 e. The Morgan fingerprint density at radius 1 is 1.12 bits per heavy atom. The molecule has 0 unspecified atom stereocenters. The molecule has 2 aromatic heterocycles. The Hall–Kier alpha value is -2.58. The Kier molecular flexibility index (Phi) is 4.91. The summed E-state index contributed by atoms with van der Waals surface area (Å²) in [5.41, 5.74) is 8.45. The van der Waals surface area contributed by atoms with Crippen LogP contribution in [0.4, 0.5) is 5.82 Å². The minimum absolute atomic E-state index is 0.276. The average molecular weight is 357 g/mol. The molecule has 1 aromatic carbocycles. The lowest BCUT2D eigenvalue weighted by Gasteiger charge is -2.10. The van der Waals surface area contributed by atoms with Gasteiger partial charge in [-0.1, -0.05) is 12.1 Å². The van der Waals surface area contributed by atoms with E-state index in [1.165, 1.54) is 6.26 Å². The van der Waals surface area contributed by atoms with Crippen LogP contribution in [-0.4, -0.2) is 42.7 Å². The number of pyridine rings is 1. The van der Waals surface area contributed by atoms with Crippen LogP contribution in [0.25, 0.3) is 22.3 Å². The molecule has 0 saturated carbocycles. The number of anilines is 1. The molecule has 0 saturated heterocycles. The number of nitrogens with zero attached hydrogens (tertiary/aromatic N) is 3.